The maximum absolute atomic E-state index is 4.43. The molecule has 2 rings (SSSR count). The molecule has 0 saturated heterocycles. The van der Waals surface area contributed by atoms with Gasteiger partial charge in [0.05, 0.1) is 15.2 Å². The average Bonchev–Trinajstić information content (AvgIpc) is 2.51. The molecular formula is C9H12N2S2. The lowest BCUT2D eigenvalue weighted by Gasteiger charge is -1.90. The second-order valence-corrected chi connectivity index (χ2v) is 3.89. The number of hydrogen-bond acceptors (Lipinski definition) is 4. The molecule has 0 fully saturated rings. The molecule has 0 aliphatic carbocycles. The normalized spacial score (nSPS) is 9.54. The molecule has 1 aromatic heterocycles. The molecule has 0 atom stereocenters. The largest absolute Gasteiger partial charge is 0.281 e. The van der Waals surface area contributed by atoms with Gasteiger partial charge in [-0.05, 0) is 25.5 Å². The van der Waals surface area contributed by atoms with Crippen molar-refractivity contribution >= 4 is 34.4 Å². The number of thiazole rings is 1. The SMILES string of the molecule is Cc1nc2c(C)cccc2s1.NS. The Morgan fingerprint density at radius 1 is 1.31 bits per heavy atom. The van der Waals surface area contributed by atoms with Gasteiger partial charge in [0.2, 0.25) is 0 Å². The standard InChI is InChI=1S/C9H9NS.H3NS/c1-6-4-3-5-8-9(6)10-7(2)11-8;1-2/h3-5H,1-2H3;2H,1H2. The highest BCUT2D eigenvalue weighted by Gasteiger charge is 2.00. The summed E-state index contributed by atoms with van der Waals surface area (Å²) in [5, 5.41) is 5.34. The van der Waals surface area contributed by atoms with Crippen LogP contribution >= 0.6 is 24.2 Å². The van der Waals surface area contributed by atoms with Gasteiger partial charge in [-0.1, -0.05) is 12.1 Å². The molecule has 0 radical (unpaired) electrons. The van der Waals surface area contributed by atoms with E-state index in [-0.39, 0.29) is 0 Å². The van der Waals surface area contributed by atoms with Gasteiger partial charge >= 0.3 is 0 Å². The fraction of sp³-hybridized carbons (Fsp3) is 0.222. The van der Waals surface area contributed by atoms with Crippen LogP contribution in [0.5, 0.6) is 0 Å². The number of fused-ring (bicyclic) bond motifs is 1. The van der Waals surface area contributed by atoms with Crippen molar-refractivity contribution in [3.63, 3.8) is 0 Å². The van der Waals surface area contributed by atoms with Crippen LogP contribution in [-0.4, -0.2) is 4.98 Å². The van der Waals surface area contributed by atoms with Crippen molar-refractivity contribution in [1.82, 2.24) is 4.98 Å². The Labute approximate surface area is 87.3 Å². The Morgan fingerprint density at radius 3 is 2.62 bits per heavy atom. The third kappa shape index (κ3) is 2.21. The van der Waals surface area contributed by atoms with Crippen LogP contribution in [0.25, 0.3) is 10.2 Å². The minimum Gasteiger partial charge on any atom is -0.281 e. The Kier molecular flexibility index (Phi) is 3.71. The molecule has 2 N–H and O–H groups in total. The highest BCUT2D eigenvalue weighted by atomic mass is 32.1. The smallest absolute Gasteiger partial charge is 0.0907 e. The minimum absolute atomic E-state index is 1.15. The lowest BCUT2D eigenvalue weighted by atomic mass is 10.2. The fourth-order valence-electron chi connectivity index (χ4n) is 1.20. The average molecular weight is 212 g/mol. The Balaban J connectivity index is 0.000000396. The second-order valence-electron chi connectivity index (χ2n) is 2.65. The molecule has 0 saturated carbocycles. The van der Waals surface area contributed by atoms with E-state index >= 15 is 0 Å². The van der Waals surface area contributed by atoms with Crippen LogP contribution in [0, 0.1) is 13.8 Å². The van der Waals surface area contributed by atoms with E-state index in [0.717, 1.165) is 10.5 Å². The highest BCUT2D eigenvalue weighted by Crippen LogP contribution is 2.23. The van der Waals surface area contributed by atoms with Gasteiger partial charge in [0.15, 0.2) is 0 Å². The van der Waals surface area contributed by atoms with Gasteiger partial charge in [0.1, 0.15) is 0 Å². The van der Waals surface area contributed by atoms with Crippen molar-refractivity contribution in [2.45, 2.75) is 13.8 Å². The molecule has 13 heavy (non-hydrogen) atoms. The first kappa shape index (κ1) is 10.5. The van der Waals surface area contributed by atoms with E-state index in [1.807, 2.05) is 6.92 Å². The Bertz CT molecular complexity index is 395. The van der Waals surface area contributed by atoms with Gasteiger partial charge in [-0.3, -0.25) is 5.14 Å². The number of aryl methyl sites for hydroxylation is 2. The maximum Gasteiger partial charge on any atom is 0.0907 e. The summed E-state index contributed by atoms with van der Waals surface area (Å²) < 4.78 is 1.29. The molecule has 0 spiro atoms. The van der Waals surface area contributed by atoms with Crippen LogP contribution < -0.4 is 5.14 Å². The third-order valence-corrected chi connectivity index (χ3v) is 2.66. The number of hydrogen-bond donors (Lipinski definition) is 2. The monoisotopic (exact) mass is 212 g/mol. The van der Waals surface area contributed by atoms with Crippen LogP contribution in [-0.2, 0) is 0 Å². The predicted octanol–water partition coefficient (Wildman–Crippen LogP) is 2.70. The summed E-state index contributed by atoms with van der Waals surface area (Å²) in [5.74, 6) is 0. The molecule has 0 aliphatic rings. The van der Waals surface area contributed by atoms with E-state index in [1.54, 1.807) is 11.3 Å². The van der Waals surface area contributed by atoms with Crippen LogP contribution in [0.3, 0.4) is 0 Å². The van der Waals surface area contributed by atoms with Crippen molar-refractivity contribution in [1.29, 1.82) is 0 Å². The first-order chi connectivity index (χ1) is 6.27. The number of nitrogens with two attached hydrogens (primary N) is 1. The van der Waals surface area contributed by atoms with E-state index < -0.39 is 0 Å². The van der Waals surface area contributed by atoms with Crippen LogP contribution in [0.15, 0.2) is 18.2 Å². The summed E-state index contributed by atoms with van der Waals surface area (Å²) in [4.78, 5) is 4.43. The first-order valence-electron chi connectivity index (χ1n) is 3.86. The number of thiol groups is 1. The van der Waals surface area contributed by atoms with Crippen molar-refractivity contribution in [2.24, 2.45) is 5.14 Å². The zero-order valence-corrected chi connectivity index (χ0v) is 9.32. The fourth-order valence-corrected chi connectivity index (χ4v) is 2.10. The van der Waals surface area contributed by atoms with E-state index in [0.29, 0.717) is 0 Å². The van der Waals surface area contributed by atoms with Crippen molar-refractivity contribution < 1.29 is 0 Å². The summed E-state index contributed by atoms with van der Waals surface area (Å²) in [6.07, 6.45) is 0. The molecule has 2 aromatic rings. The molecule has 1 heterocycles. The summed E-state index contributed by atoms with van der Waals surface area (Å²) in [6, 6.07) is 6.30. The molecule has 1 aromatic carbocycles. The van der Waals surface area contributed by atoms with Crippen molar-refractivity contribution in [3.05, 3.63) is 28.8 Å². The molecular weight excluding hydrogens is 200 g/mol. The summed E-state index contributed by atoms with van der Waals surface area (Å²) in [5.41, 5.74) is 2.43. The molecule has 0 amide bonds. The highest BCUT2D eigenvalue weighted by molar-refractivity contribution is 7.77. The molecule has 0 unspecified atom stereocenters. The zero-order chi connectivity index (χ0) is 9.84. The number of benzene rings is 1. The predicted molar refractivity (Wildman–Crippen MR) is 62.3 cm³/mol. The van der Waals surface area contributed by atoms with E-state index in [9.17, 15) is 0 Å². The summed E-state index contributed by atoms with van der Waals surface area (Å²) >= 11 is 4.78. The number of rotatable bonds is 0. The van der Waals surface area contributed by atoms with Crippen LogP contribution in [0.4, 0.5) is 0 Å². The van der Waals surface area contributed by atoms with Gasteiger partial charge in [-0.15, -0.1) is 24.2 Å². The van der Waals surface area contributed by atoms with Crippen LogP contribution in [0.1, 0.15) is 10.6 Å². The summed E-state index contributed by atoms with van der Waals surface area (Å²) in [6.45, 7) is 4.14. The lowest BCUT2D eigenvalue weighted by molar-refractivity contribution is 1.32. The number of para-hydroxylation sites is 1. The van der Waals surface area contributed by atoms with Gasteiger partial charge < -0.3 is 0 Å². The Hall–Kier alpha value is -0.580. The zero-order valence-electron chi connectivity index (χ0n) is 7.61. The molecule has 0 bridgehead atoms. The molecule has 0 aliphatic heterocycles. The number of nitrogens with zero attached hydrogens (tertiary/aromatic N) is 1. The third-order valence-electron chi connectivity index (χ3n) is 1.73. The van der Waals surface area contributed by atoms with Gasteiger partial charge in [0.25, 0.3) is 0 Å². The first-order valence-corrected chi connectivity index (χ1v) is 5.19. The maximum atomic E-state index is 4.43. The lowest BCUT2D eigenvalue weighted by Crippen LogP contribution is -1.74. The molecule has 4 heteroatoms. The minimum atomic E-state index is 1.15. The van der Waals surface area contributed by atoms with E-state index in [4.69, 9.17) is 0 Å². The van der Waals surface area contributed by atoms with E-state index in [2.05, 4.69) is 48.1 Å². The van der Waals surface area contributed by atoms with Crippen LogP contribution in [0.2, 0.25) is 0 Å². The molecule has 2 nitrogen and oxygen atoms in total. The second kappa shape index (κ2) is 4.60. The number of aromatic nitrogens is 1. The quantitative estimate of drug-likeness (QED) is 0.659. The van der Waals surface area contributed by atoms with Crippen molar-refractivity contribution in [2.75, 3.05) is 0 Å². The van der Waals surface area contributed by atoms with Crippen molar-refractivity contribution in [3.8, 4) is 0 Å². The molecule has 70 valence electrons. The van der Waals surface area contributed by atoms with E-state index in [1.165, 1.54) is 10.3 Å². The van der Waals surface area contributed by atoms with Gasteiger partial charge in [0, 0.05) is 0 Å². The topological polar surface area (TPSA) is 38.9 Å². The Morgan fingerprint density at radius 2 is 2.00 bits per heavy atom. The summed E-state index contributed by atoms with van der Waals surface area (Å²) in [7, 11) is 0. The van der Waals surface area contributed by atoms with Gasteiger partial charge in [-0.2, -0.15) is 0 Å². The van der Waals surface area contributed by atoms with Gasteiger partial charge in [-0.25, -0.2) is 4.98 Å².